The third-order valence-corrected chi connectivity index (χ3v) is 2.40. The topological polar surface area (TPSA) is 110 Å². The largest absolute Gasteiger partial charge is 0.374 e. The zero-order valence-corrected chi connectivity index (χ0v) is 8.63. The van der Waals surface area contributed by atoms with Crippen LogP contribution in [0, 0.1) is 6.92 Å². The van der Waals surface area contributed by atoms with Crippen LogP contribution in [0.3, 0.4) is 0 Å². The van der Waals surface area contributed by atoms with Crippen molar-refractivity contribution in [1.82, 2.24) is 20.4 Å². The first kappa shape index (κ1) is 9.59. The number of anilines is 2. The van der Waals surface area contributed by atoms with Gasteiger partial charge >= 0.3 is 0 Å². The lowest BCUT2D eigenvalue weighted by atomic mass is 10.2. The summed E-state index contributed by atoms with van der Waals surface area (Å²) in [4.78, 5) is 11.6. The first-order valence-corrected chi connectivity index (χ1v) is 4.89. The summed E-state index contributed by atoms with van der Waals surface area (Å²) in [5, 5.41) is 16.9. The Hall–Kier alpha value is -1.96. The van der Waals surface area contributed by atoms with Crippen molar-refractivity contribution in [3.63, 3.8) is 0 Å². The van der Waals surface area contributed by atoms with Gasteiger partial charge in [-0.3, -0.25) is 15.2 Å². The maximum atomic E-state index is 11.6. The molecule has 0 radical (unpaired) electrons. The first-order chi connectivity index (χ1) is 7.16. The van der Waals surface area contributed by atoms with Crippen LogP contribution >= 0.6 is 11.3 Å². The summed E-state index contributed by atoms with van der Waals surface area (Å²) >= 11 is 1.11. The highest BCUT2D eigenvalue weighted by Crippen LogP contribution is 2.17. The number of carbonyl (C=O) groups excluding carboxylic acids is 1. The number of H-pyrrole nitrogens is 1. The molecule has 0 unspecified atom stereocenters. The lowest BCUT2D eigenvalue weighted by Crippen LogP contribution is -2.12. The second kappa shape index (κ2) is 3.65. The van der Waals surface area contributed by atoms with Gasteiger partial charge in [0.25, 0.3) is 5.91 Å². The van der Waals surface area contributed by atoms with Crippen molar-refractivity contribution in [2.24, 2.45) is 0 Å². The number of hydrogen-bond acceptors (Lipinski definition) is 6. The van der Waals surface area contributed by atoms with Gasteiger partial charge in [0.05, 0.1) is 11.8 Å². The fourth-order valence-corrected chi connectivity index (χ4v) is 1.53. The third kappa shape index (κ3) is 1.94. The molecule has 15 heavy (non-hydrogen) atoms. The lowest BCUT2D eigenvalue weighted by Gasteiger charge is -1.97. The van der Waals surface area contributed by atoms with Crippen molar-refractivity contribution in [2.75, 3.05) is 11.1 Å². The zero-order valence-electron chi connectivity index (χ0n) is 7.81. The molecule has 0 aliphatic heterocycles. The zero-order chi connectivity index (χ0) is 10.8. The molecule has 0 bridgehead atoms. The molecule has 0 aliphatic carbocycles. The number of hydrogen-bond donors (Lipinski definition) is 3. The molecule has 2 aromatic heterocycles. The van der Waals surface area contributed by atoms with Crippen LogP contribution in [0.5, 0.6) is 0 Å². The van der Waals surface area contributed by atoms with Gasteiger partial charge in [-0.25, -0.2) is 0 Å². The number of amides is 1. The standard InChI is InChI=1S/C7H8N6OS/c1-3-4(2-9-11-3)5(14)10-7-13-12-6(8)15-7/h2H,1H3,(H2,8,12)(H,9,11)(H,10,13,14). The number of aromatic nitrogens is 4. The van der Waals surface area contributed by atoms with E-state index in [1.54, 1.807) is 6.92 Å². The van der Waals surface area contributed by atoms with Crippen LogP contribution in [0.25, 0.3) is 0 Å². The van der Waals surface area contributed by atoms with Gasteiger partial charge in [-0.15, -0.1) is 10.2 Å². The highest BCUT2D eigenvalue weighted by Gasteiger charge is 2.12. The van der Waals surface area contributed by atoms with Crippen molar-refractivity contribution in [1.29, 1.82) is 0 Å². The Morgan fingerprint density at radius 2 is 2.40 bits per heavy atom. The molecule has 2 heterocycles. The Kier molecular flexibility index (Phi) is 2.34. The first-order valence-electron chi connectivity index (χ1n) is 4.07. The molecule has 7 nitrogen and oxygen atoms in total. The van der Waals surface area contributed by atoms with E-state index in [4.69, 9.17) is 5.73 Å². The Bertz CT molecular complexity index is 489. The molecule has 2 rings (SSSR count). The molecular formula is C7H8N6OS. The molecule has 8 heteroatoms. The molecule has 0 aliphatic rings. The van der Waals surface area contributed by atoms with Crippen molar-refractivity contribution in [3.05, 3.63) is 17.5 Å². The quantitative estimate of drug-likeness (QED) is 0.684. The van der Waals surface area contributed by atoms with Crippen LogP contribution < -0.4 is 11.1 Å². The van der Waals surface area contributed by atoms with Gasteiger partial charge in [0.1, 0.15) is 0 Å². The number of carbonyl (C=O) groups is 1. The van der Waals surface area contributed by atoms with E-state index in [9.17, 15) is 4.79 Å². The average molecular weight is 224 g/mol. The van der Waals surface area contributed by atoms with Crippen LogP contribution in [0.15, 0.2) is 6.20 Å². The summed E-state index contributed by atoms with van der Waals surface area (Å²) in [5.74, 6) is -0.280. The van der Waals surface area contributed by atoms with E-state index in [0.717, 1.165) is 11.3 Å². The predicted octanol–water partition coefficient (Wildman–Crippen LogP) is 0.404. The Balaban J connectivity index is 2.14. The van der Waals surface area contributed by atoms with Crippen LogP contribution in [0.4, 0.5) is 10.3 Å². The second-order valence-electron chi connectivity index (χ2n) is 2.81. The molecule has 0 fully saturated rings. The van der Waals surface area contributed by atoms with Gasteiger partial charge in [0.15, 0.2) is 0 Å². The van der Waals surface area contributed by atoms with Crippen LogP contribution in [0.2, 0.25) is 0 Å². The van der Waals surface area contributed by atoms with Gasteiger partial charge in [0, 0.05) is 5.69 Å². The number of aromatic amines is 1. The third-order valence-electron chi connectivity index (χ3n) is 1.74. The minimum atomic E-state index is -0.280. The van der Waals surface area contributed by atoms with E-state index >= 15 is 0 Å². The molecule has 0 saturated heterocycles. The number of nitrogens with one attached hydrogen (secondary N) is 2. The molecular weight excluding hydrogens is 216 g/mol. The fourth-order valence-electron chi connectivity index (χ4n) is 1.03. The SMILES string of the molecule is Cc1[nH]ncc1C(=O)Nc1nnc(N)s1. The highest BCUT2D eigenvalue weighted by molar-refractivity contribution is 7.19. The van der Waals surface area contributed by atoms with Gasteiger partial charge in [0.2, 0.25) is 10.3 Å². The van der Waals surface area contributed by atoms with Gasteiger partial charge in [-0.05, 0) is 6.92 Å². The van der Waals surface area contributed by atoms with Crippen LogP contribution in [-0.4, -0.2) is 26.3 Å². The van der Waals surface area contributed by atoms with E-state index in [0.29, 0.717) is 21.5 Å². The maximum Gasteiger partial charge on any atom is 0.260 e. The molecule has 4 N–H and O–H groups in total. The summed E-state index contributed by atoms with van der Waals surface area (Å²) in [5.41, 5.74) is 6.55. The van der Waals surface area contributed by atoms with E-state index in [1.807, 2.05) is 0 Å². The van der Waals surface area contributed by atoms with Crippen molar-refractivity contribution in [2.45, 2.75) is 6.92 Å². The van der Waals surface area contributed by atoms with E-state index < -0.39 is 0 Å². The van der Waals surface area contributed by atoms with Gasteiger partial charge in [-0.2, -0.15) is 5.10 Å². The lowest BCUT2D eigenvalue weighted by molar-refractivity contribution is 0.102. The van der Waals surface area contributed by atoms with Crippen molar-refractivity contribution in [3.8, 4) is 0 Å². The number of nitrogens with zero attached hydrogens (tertiary/aromatic N) is 3. The summed E-state index contributed by atoms with van der Waals surface area (Å²) in [6.07, 6.45) is 1.45. The number of rotatable bonds is 2. The van der Waals surface area contributed by atoms with E-state index in [1.165, 1.54) is 6.20 Å². The molecule has 0 aromatic carbocycles. The second-order valence-corrected chi connectivity index (χ2v) is 3.82. The fraction of sp³-hybridized carbons (Fsp3) is 0.143. The van der Waals surface area contributed by atoms with E-state index in [-0.39, 0.29) is 5.91 Å². The minimum absolute atomic E-state index is 0.280. The molecule has 0 saturated carbocycles. The molecule has 1 amide bonds. The summed E-state index contributed by atoms with van der Waals surface area (Å²) < 4.78 is 0. The number of nitrogen functional groups attached to an aromatic ring is 1. The van der Waals surface area contributed by atoms with Crippen LogP contribution in [0.1, 0.15) is 16.1 Å². The molecule has 2 aromatic rings. The monoisotopic (exact) mass is 224 g/mol. The van der Waals surface area contributed by atoms with E-state index in [2.05, 4.69) is 25.7 Å². The van der Waals surface area contributed by atoms with Crippen molar-refractivity contribution < 1.29 is 4.79 Å². The Morgan fingerprint density at radius 3 is 2.93 bits per heavy atom. The average Bonchev–Trinajstić information content (AvgIpc) is 2.75. The highest BCUT2D eigenvalue weighted by atomic mass is 32.1. The van der Waals surface area contributed by atoms with Gasteiger partial charge < -0.3 is 5.73 Å². The van der Waals surface area contributed by atoms with Crippen molar-refractivity contribution >= 4 is 27.5 Å². The molecule has 78 valence electrons. The molecule has 0 atom stereocenters. The summed E-state index contributed by atoms with van der Waals surface area (Å²) in [7, 11) is 0. The number of nitrogens with two attached hydrogens (primary N) is 1. The number of aryl methyl sites for hydroxylation is 1. The minimum Gasteiger partial charge on any atom is -0.374 e. The van der Waals surface area contributed by atoms with Crippen LogP contribution in [-0.2, 0) is 0 Å². The Morgan fingerprint density at radius 1 is 1.60 bits per heavy atom. The maximum absolute atomic E-state index is 11.6. The predicted molar refractivity (Wildman–Crippen MR) is 55.6 cm³/mol. The summed E-state index contributed by atoms with van der Waals surface area (Å²) in [6.45, 7) is 1.76. The Labute approximate surface area is 88.7 Å². The smallest absolute Gasteiger partial charge is 0.260 e. The summed E-state index contributed by atoms with van der Waals surface area (Å²) in [6, 6.07) is 0. The van der Waals surface area contributed by atoms with Gasteiger partial charge in [-0.1, -0.05) is 11.3 Å². The normalized spacial score (nSPS) is 10.2. The molecule has 0 spiro atoms.